The fourth-order valence-electron chi connectivity index (χ4n) is 2.28. The summed E-state index contributed by atoms with van der Waals surface area (Å²) in [6, 6.07) is 18.6. The quantitative estimate of drug-likeness (QED) is 0.573. The van der Waals surface area contributed by atoms with Crippen LogP contribution in [0.25, 0.3) is 11.3 Å². The molecule has 1 unspecified atom stereocenters. The zero-order valence-electron chi connectivity index (χ0n) is 14.0. The van der Waals surface area contributed by atoms with Gasteiger partial charge in [0.15, 0.2) is 5.13 Å². The van der Waals surface area contributed by atoms with E-state index in [1.54, 1.807) is 0 Å². The van der Waals surface area contributed by atoms with Crippen LogP contribution in [0.15, 0.2) is 60.7 Å². The molecule has 1 heterocycles. The Morgan fingerprint density at radius 3 is 2.41 bits per heavy atom. The minimum absolute atomic E-state index is 0.105. The first-order valence-corrected chi connectivity index (χ1v) is 9.73. The fourth-order valence-corrected chi connectivity index (χ4v) is 3.45. The van der Waals surface area contributed by atoms with Crippen LogP contribution in [-0.2, 0) is 33.5 Å². The second-order valence-corrected chi connectivity index (χ2v) is 7.08. The van der Waals surface area contributed by atoms with Gasteiger partial charge in [-0.3, -0.25) is 14.1 Å². The maximum atomic E-state index is 12.0. The number of hydrogen-bond donors (Lipinski definition) is 2. The van der Waals surface area contributed by atoms with E-state index in [9.17, 15) is 9.00 Å². The number of aromatic nitrogens is 1. The first-order chi connectivity index (χ1) is 13.1. The first-order valence-electron chi connectivity index (χ1n) is 7.89. The number of carbonyl (C=O) groups is 1. The number of hydrogen-bond acceptors (Lipinski definition) is 6. The Balaban J connectivity index is 1.71. The van der Waals surface area contributed by atoms with Crippen LogP contribution in [0.4, 0.5) is 9.93 Å². The van der Waals surface area contributed by atoms with Gasteiger partial charge in [0.1, 0.15) is 13.2 Å². The lowest BCUT2D eigenvalue weighted by molar-refractivity contribution is 0.155. The fraction of sp³-hybridized carbons (Fsp3) is 0.111. The summed E-state index contributed by atoms with van der Waals surface area (Å²) in [7, 11) is 0. The van der Waals surface area contributed by atoms with Crippen molar-refractivity contribution in [3.63, 3.8) is 0 Å². The average Bonchev–Trinajstić information content (AvgIpc) is 3.09. The number of rotatable bonds is 7. The SMILES string of the molecule is O=C(Nc1nc(-c2ccccc2)c(COS(=O)O)s1)OCc1ccccc1. The van der Waals surface area contributed by atoms with Gasteiger partial charge in [0.05, 0.1) is 10.6 Å². The highest BCUT2D eigenvalue weighted by atomic mass is 32.2. The Morgan fingerprint density at radius 1 is 1.07 bits per heavy atom. The largest absolute Gasteiger partial charge is 0.444 e. The van der Waals surface area contributed by atoms with E-state index < -0.39 is 17.5 Å². The molecule has 3 aromatic rings. The van der Waals surface area contributed by atoms with Gasteiger partial charge in [0.2, 0.25) is 0 Å². The lowest BCUT2D eigenvalue weighted by atomic mass is 10.1. The van der Waals surface area contributed by atoms with Gasteiger partial charge in [-0.15, -0.1) is 0 Å². The summed E-state index contributed by atoms with van der Waals surface area (Å²) in [6.45, 7) is 0.0365. The van der Waals surface area contributed by atoms with Gasteiger partial charge in [0, 0.05) is 5.56 Å². The third kappa shape index (κ3) is 5.69. The van der Waals surface area contributed by atoms with Gasteiger partial charge in [-0.05, 0) is 5.56 Å². The summed E-state index contributed by atoms with van der Waals surface area (Å²) < 4.78 is 29.6. The third-order valence-corrected chi connectivity index (χ3v) is 4.72. The monoisotopic (exact) mass is 404 g/mol. The summed E-state index contributed by atoms with van der Waals surface area (Å²) in [5.41, 5.74) is 2.25. The van der Waals surface area contributed by atoms with Crippen LogP contribution >= 0.6 is 11.3 Å². The smallest absolute Gasteiger partial charge is 0.413 e. The van der Waals surface area contributed by atoms with Gasteiger partial charge in [-0.2, -0.15) is 4.21 Å². The van der Waals surface area contributed by atoms with Crippen molar-refractivity contribution in [1.29, 1.82) is 0 Å². The van der Waals surface area contributed by atoms with Crippen molar-refractivity contribution in [2.45, 2.75) is 13.2 Å². The van der Waals surface area contributed by atoms with Gasteiger partial charge in [0.25, 0.3) is 0 Å². The number of nitrogens with zero attached hydrogens (tertiary/aromatic N) is 1. The van der Waals surface area contributed by atoms with E-state index in [-0.39, 0.29) is 13.2 Å². The number of ether oxygens (including phenoxy) is 1. The summed E-state index contributed by atoms with van der Waals surface area (Å²) >= 11 is -1.24. The van der Waals surface area contributed by atoms with E-state index in [0.717, 1.165) is 22.5 Å². The van der Waals surface area contributed by atoms with Crippen molar-refractivity contribution in [3.8, 4) is 11.3 Å². The molecule has 9 heteroatoms. The molecule has 0 fully saturated rings. The van der Waals surface area contributed by atoms with E-state index in [4.69, 9.17) is 13.5 Å². The molecule has 0 aliphatic rings. The number of benzene rings is 2. The molecule has 1 aromatic heterocycles. The minimum atomic E-state index is -2.39. The standard InChI is InChI=1S/C18H16N2O5S2/c21-18(24-11-13-7-3-1-4-8-13)20-17-19-16(14-9-5-2-6-10-14)15(26-17)12-25-27(22)23/h1-10H,11-12H2,(H,22,23)(H,19,20,21). The lowest BCUT2D eigenvalue weighted by Gasteiger charge is -2.04. The van der Waals surface area contributed by atoms with E-state index in [2.05, 4.69) is 10.3 Å². The molecular weight excluding hydrogens is 388 g/mol. The van der Waals surface area contributed by atoms with Gasteiger partial charge in [-0.1, -0.05) is 72.0 Å². The molecule has 140 valence electrons. The predicted octanol–water partition coefficient (Wildman–Crippen LogP) is 4.21. The Labute approximate surface area is 162 Å². The van der Waals surface area contributed by atoms with Crippen LogP contribution in [0.5, 0.6) is 0 Å². The topological polar surface area (TPSA) is 97.8 Å². The Bertz CT molecular complexity index is 916. The average molecular weight is 404 g/mol. The molecule has 2 N–H and O–H groups in total. The zero-order valence-corrected chi connectivity index (χ0v) is 15.7. The zero-order chi connectivity index (χ0) is 19.1. The highest BCUT2D eigenvalue weighted by molar-refractivity contribution is 7.74. The molecule has 27 heavy (non-hydrogen) atoms. The molecule has 3 rings (SSSR count). The van der Waals surface area contributed by atoms with Crippen molar-refractivity contribution in [3.05, 3.63) is 71.1 Å². The van der Waals surface area contributed by atoms with E-state index in [0.29, 0.717) is 15.7 Å². The van der Waals surface area contributed by atoms with Crippen molar-refractivity contribution >= 4 is 33.9 Å². The molecule has 0 saturated heterocycles. The highest BCUT2D eigenvalue weighted by Gasteiger charge is 2.16. The molecule has 7 nitrogen and oxygen atoms in total. The highest BCUT2D eigenvalue weighted by Crippen LogP contribution is 2.32. The van der Waals surface area contributed by atoms with E-state index in [1.165, 1.54) is 0 Å². The molecule has 1 atom stereocenters. The van der Waals surface area contributed by atoms with Crippen molar-refractivity contribution in [1.82, 2.24) is 4.98 Å². The molecule has 0 radical (unpaired) electrons. The first kappa shape index (κ1) is 19.2. The maximum Gasteiger partial charge on any atom is 0.413 e. The van der Waals surface area contributed by atoms with E-state index >= 15 is 0 Å². The Kier molecular flexibility index (Phi) is 6.66. The molecule has 1 amide bonds. The number of nitrogens with one attached hydrogen (secondary N) is 1. The summed E-state index contributed by atoms with van der Waals surface area (Å²) in [4.78, 5) is 17.0. The molecular formula is C18H16N2O5S2. The van der Waals surface area contributed by atoms with Crippen molar-refractivity contribution in [2.75, 3.05) is 5.32 Å². The molecule has 0 saturated carbocycles. The van der Waals surface area contributed by atoms with Crippen molar-refractivity contribution in [2.24, 2.45) is 0 Å². The molecule has 2 aromatic carbocycles. The summed E-state index contributed by atoms with van der Waals surface area (Å²) in [5, 5.41) is 2.90. The second kappa shape index (κ2) is 9.38. The van der Waals surface area contributed by atoms with Gasteiger partial charge < -0.3 is 4.74 Å². The van der Waals surface area contributed by atoms with Crippen molar-refractivity contribution < 1.29 is 22.5 Å². The molecule has 0 spiro atoms. The normalized spacial score (nSPS) is 11.7. The third-order valence-electron chi connectivity index (χ3n) is 3.46. The molecule has 0 bridgehead atoms. The lowest BCUT2D eigenvalue weighted by Crippen LogP contribution is -2.13. The van der Waals surface area contributed by atoms with Crippen LogP contribution in [0.2, 0.25) is 0 Å². The van der Waals surface area contributed by atoms with E-state index in [1.807, 2.05) is 60.7 Å². The van der Waals surface area contributed by atoms with Crippen LogP contribution in [0.1, 0.15) is 10.4 Å². The van der Waals surface area contributed by atoms with Gasteiger partial charge in [-0.25, -0.2) is 9.78 Å². The second-order valence-electron chi connectivity index (χ2n) is 5.32. The predicted molar refractivity (Wildman–Crippen MR) is 103 cm³/mol. The van der Waals surface area contributed by atoms with Crippen LogP contribution in [-0.4, -0.2) is 19.8 Å². The Morgan fingerprint density at radius 2 is 1.74 bits per heavy atom. The number of amides is 1. The van der Waals surface area contributed by atoms with Gasteiger partial charge >= 0.3 is 17.5 Å². The minimum Gasteiger partial charge on any atom is -0.444 e. The summed E-state index contributed by atoms with van der Waals surface area (Å²) in [6.07, 6.45) is -0.634. The number of thiazole rings is 1. The number of carbonyl (C=O) groups excluding carboxylic acids is 1. The van der Waals surface area contributed by atoms with Crippen LogP contribution in [0, 0.1) is 0 Å². The van der Waals surface area contributed by atoms with Crippen LogP contribution in [0.3, 0.4) is 0 Å². The molecule has 0 aliphatic heterocycles. The van der Waals surface area contributed by atoms with Crippen LogP contribution < -0.4 is 5.32 Å². The molecule has 0 aliphatic carbocycles. The maximum absolute atomic E-state index is 12.0. The number of anilines is 1. The Hall–Kier alpha value is -2.59. The summed E-state index contributed by atoms with van der Waals surface area (Å²) in [5.74, 6) is 0.